The third-order valence-electron chi connectivity index (χ3n) is 4.68. The Bertz CT molecular complexity index is 1250. The van der Waals surface area contributed by atoms with Crippen LogP contribution in [0.3, 0.4) is 0 Å². The molecule has 2 heterocycles. The van der Waals surface area contributed by atoms with Gasteiger partial charge in [0.25, 0.3) is 5.91 Å². The Hall–Kier alpha value is -4.75. The van der Waals surface area contributed by atoms with Crippen LogP contribution in [0.1, 0.15) is 28.9 Å². The van der Waals surface area contributed by atoms with Gasteiger partial charge in [0, 0.05) is 12.0 Å². The van der Waals surface area contributed by atoms with Crippen molar-refractivity contribution in [3.63, 3.8) is 0 Å². The van der Waals surface area contributed by atoms with E-state index in [1.54, 1.807) is 6.07 Å². The van der Waals surface area contributed by atoms with E-state index in [4.69, 9.17) is 21.3 Å². The van der Waals surface area contributed by atoms with Gasteiger partial charge in [0.1, 0.15) is 11.8 Å². The molecule has 14 heteroatoms. The standard InChI is InChI=1S/C20H22N8O6/c1-34-13-6-9(18(31)26-12(19(32)33)4-5-14(29)30)2-3-11(13)23-7-10-8-24-17-15(25-10)16(21)27-20(22)28-17/h2-3,6,8,12,23H,4-5,7H2,1H3,(H,26,31)(H,29,30)(H,32,33)(H4,21,22,24,27,28). The highest BCUT2D eigenvalue weighted by Gasteiger charge is 2.22. The second kappa shape index (κ2) is 10.2. The van der Waals surface area contributed by atoms with Crippen LogP contribution in [0.25, 0.3) is 11.2 Å². The van der Waals surface area contributed by atoms with Crippen LogP contribution in [0.4, 0.5) is 17.5 Å². The Morgan fingerprint density at radius 1 is 1.15 bits per heavy atom. The summed E-state index contributed by atoms with van der Waals surface area (Å²) in [5.41, 5.74) is 13.2. The lowest BCUT2D eigenvalue weighted by Crippen LogP contribution is -2.41. The van der Waals surface area contributed by atoms with E-state index in [0.717, 1.165) is 0 Å². The summed E-state index contributed by atoms with van der Waals surface area (Å²) in [6, 6.07) is 3.13. The molecule has 1 atom stereocenters. The van der Waals surface area contributed by atoms with Crippen molar-refractivity contribution >= 4 is 46.5 Å². The van der Waals surface area contributed by atoms with Crippen LogP contribution >= 0.6 is 0 Å². The first-order chi connectivity index (χ1) is 16.2. The number of fused-ring (bicyclic) bond motifs is 1. The highest BCUT2D eigenvalue weighted by molar-refractivity contribution is 5.97. The summed E-state index contributed by atoms with van der Waals surface area (Å²) >= 11 is 0. The molecule has 2 aromatic heterocycles. The average molecular weight is 470 g/mol. The molecule has 0 aliphatic rings. The summed E-state index contributed by atoms with van der Waals surface area (Å²) in [4.78, 5) is 50.9. The number of methoxy groups -OCH3 is 1. The van der Waals surface area contributed by atoms with Gasteiger partial charge in [-0.2, -0.15) is 9.97 Å². The third kappa shape index (κ3) is 5.73. The predicted molar refractivity (Wildman–Crippen MR) is 120 cm³/mol. The quantitative estimate of drug-likeness (QED) is 0.234. The summed E-state index contributed by atoms with van der Waals surface area (Å²) in [6.45, 7) is 0.227. The van der Waals surface area contributed by atoms with E-state index in [2.05, 4.69) is 30.6 Å². The minimum atomic E-state index is -1.34. The number of rotatable bonds is 10. The largest absolute Gasteiger partial charge is 0.495 e. The van der Waals surface area contributed by atoms with Crippen molar-refractivity contribution in [3.05, 3.63) is 35.7 Å². The van der Waals surface area contributed by atoms with Gasteiger partial charge >= 0.3 is 11.9 Å². The summed E-state index contributed by atoms with van der Waals surface area (Å²) < 4.78 is 5.33. The van der Waals surface area contributed by atoms with Gasteiger partial charge in [-0.1, -0.05) is 0 Å². The van der Waals surface area contributed by atoms with Gasteiger partial charge in [-0.25, -0.2) is 14.8 Å². The summed E-state index contributed by atoms with van der Waals surface area (Å²) in [5, 5.41) is 23.4. The van der Waals surface area contributed by atoms with Crippen molar-refractivity contribution < 1.29 is 29.3 Å². The van der Waals surface area contributed by atoms with E-state index in [1.165, 1.54) is 25.4 Å². The normalized spacial score (nSPS) is 11.6. The Morgan fingerprint density at radius 3 is 2.59 bits per heavy atom. The Labute approximate surface area is 192 Å². The molecule has 0 aliphatic heterocycles. The molecule has 1 amide bonds. The van der Waals surface area contributed by atoms with Gasteiger partial charge < -0.3 is 37.1 Å². The minimum absolute atomic E-state index is 0.00407. The second-order valence-corrected chi connectivity index (χ2v) is 7.07. The van der Waals surface area contributed by atoms with Gasteiger partial charge in [-0.05, 0) is 24.6 Å². The fourth-order valence-electron chi connectivity index (χ4n) is 3.00. The van der Waals surface area contributed by atoms with Crippen molar-refractivity contribution in [3.8, 4) is 5.75 Å². The van der Waals surface area contributed by atoms with Crippen LogP contribution in [-0.2, 0) is 16.1 Å². The number of carboxylic acids is 2. The van der Waals surface area contributed by atoms with Crippen molar-refractivity contribution in [2.75, 3.05) is 23.9 Å². The van der Waals surface area contributed by atoms with Gasteiger partial charge in [0.2, 0.25) is 5.95 Å². The number of hydrogen-bond acceptors (Lipinski definition) is 11. The molecule has 0 saturated carbocycles. The molecule has 1 unspecified atom stereocenters. The fourth-order valence-corrected chi connectivity index (χ4v) is 3.00. The molecule has 14 nitrogen and oxygen atoms in total. The molecular weight excluding hydrogens is 448 g/mol. The highest BCUT2D eigenvalue weighted by Crippen LogP contribution is 2.26. The predicted octanol–water partition coefficient (Wildman–Crippen LogP) is 0.253. The van der Waals surface area contributed by atoms with Crippen molar-refractivity contribution in [2.24, 2.45) is 0 Å². The van der Waals surface area contributed by atoms with Crippen LogP contribution in [-0.4, -0.2) is 61.1 Å². The zero-order chi connectivity index (χ0) is 24.8. The molecule has 0 fully saturated rings. The molecule has 0 bridgehead atoms. The lowest BCUT2D eigenvalue weighted by atomic mass is 10.1. The van der Waals surface area contributed by atoms with Gasteiger partial charge in [0.05, 0.1) is 31.2 Å². The summed E-state index contributed by atoms with van der Waals surface area (Å²) in [6.07, 6.45) is 0.854. The van der Waals surface area contributed by atoms with Crippen LogP contribution in [0.5, 0.6) is 5.75 Å². The van der Waals surface area contributed by atoms with Crippen molar-refractivity contribution in [1.29, 1.82) is 0 Å². The molecule has 1 aromatic carbocycles. The number of amides is 1. The van der Waals surface area contributed by atoms with Crippen LogP contribution in [0.15, 0.2) is 24.4 Å². The van der Waals surface area contributed by atoms with Gasteiger partial charge in [-0.15, -0.1) is 0 Å². The average Bonchev–Trinajstić information content (AvgIpc) is 2.79. The van der Waals surface area contributed by atoms with Crippen LogP contribution in [0.2, 0.25) is 0 Å². The lowest BCUT2D eigenvalue weighted by molar-refractivity contribution is -0.140. The molecule has 178 valence electrons. The van der Waals surface area contributed by atoms with Crippen molar-refractivity contribution in [2.45, 2.75) is 25.4 Å². The number of aromatic nitrogens is 4. The van der Waals surface area contributed by atoms with E-state index in [1.807, 2.05) is 0 Å². The monoisotopic (exact) mass is 470 g/mol. The number of nitrogens with two attached hydrogens (primary N) is 2. The molecule has 0 radical (unpaired) electrons. The molecule has 3 rings (SSSR count). The highest BCUT2D eigenvalue weighted by atomic mass is 16.5. The number of ether oxygens (including phenoxy) is 1. The first-order valence-corrected chi connectivity index (χ1v) is 9.90. The number of benzene rings is 1. The maximum atomic E-state index is 12.5. The lowest BCUT2D eigenvalue weighted by Gasteiger charge is -2.15. The summed E-state index contributed by atoms with van der Waals surface area (Å²) in [5.74, 6) is -2.76. The van der Waals surface area contributed by atoms with Gasteiger partial charge in [0.15, 0.2) is 17.0 Å². The van der Waals surface area contributed by atoms with E-state index in [9.17, 15) is 19.5 Å². The smallest absolute Gasteiger partial charge is 0.326 e. The van der Waals surface area contributed by atoms with E-state index in [0.29, 0.717) is 22.6 Å². The maximum absolute atomic E-state index is 12.5. The number of anilines is 3. The zero-order valence-electron chi connectivity index (χ0n) is 18.0. The molecule has 3 aromatic rings. The molecule has 0 saturated heterocycles. The van der Waals surface area contributed by atoms with Crippen molar-refractivity contribution in [1.82, 2.24) is 25.3 Å². The van der Waals surface area contributed by atoms with E-state index < -0.39 is 30.3 Å². The van der Waals surface area contributed by atoms with E-state index >= 15 is 0 Å². The maximum Gasteiger partial charge on any atom is 0.326 e. The number of nitrogen functional groups attached to an aromatic ring is 2. The number of nitrogens with one attached hydrogen (secondary N) is 2. The topological polar surface area (TPSA) is 229 Å². The Morgan fingerprint density at radius 2 is 1.91 bits per heavy atom. The Kier molecular flexibility index (Phi) is 7.20. The summed E-state index contributed by atoms with van der Waals surface area (Å²) in [7, 11) is 1.41. The zero-order valence-corrected chi connectivity index (χ0v) is 18.0. The van der Waals surface area contributed by atoms with Gasteiger partial charge in [-0.3, -0.25) is 9.59 Å². The third-order valence-corrected chi connectivity index (χ3v) is 4.68. The number of hydrogen-bond donors (Lipinski definition) is 6. The molecular formula is C20H22N8O6. The first kappa shape index (κ1) is 23.9. The van der Waals surface area contributed by atoms with Crippen LogP contribution < -0.4 is 26.8 Å². The molecule has 8 N–H and O–H groups in total. The SMILES string of the molecule is COc1cc(C(=O)NC(CCC(=O)O)C(=O)O)ccc1NCc1cnc2nc(N)nc(N)c2n1. The molecule has 0 aliphatic carbocycles. The number of carbonyl (C=O) groups is 3. The van der Waals surface area contributed by atoms with E-state index in [-0.39, 0.29) is 35.9 Å². The number of nitrogens with zero attached hydrogens (tertiary/aromatic N) is 4. The molecule has 34 heavy (non-hydrogen) atoms. The fraction of sp³-hybridized carbons (Fsp3) is 0.250. The number of carbonyl (C=O) groups excluding carboxylic acids is 1. The second-order valence-electron chi connectivity index (χ2n) is 7.07. The number of carboxylic acid groups (broad SMARTS) is 2. The Balaban J connectivity index is 1.72. The van der Waals surface area contributed by atoms with Crippen LogP contribution in [0, 0.1) is 0 Å². The minimum Gasteiger partial charge on any atom is -0.495 e. The first-order valence-electron chi connectivity index (χ1n) is 9.90. The number of aliphatic carboxylic acids is 2. The molecule has 0 spiro atoms.